The molecule has 0 aliphatic rings. The standard InChI is InChI=1S/C20H22FNO5/c1-13(23)16-11-15(7-8-17(16)21)19(25)18(24)9-10-22-20(26)27-12-14-5-3-2-4-6-14/h2-8,11,18-19,24-25H,9-10,12H2,1H3,(H,22,26). The number of aliphatic hydroxyl groups excluding tert-OH is 2. The van der Waals surface area contributed by atoms with E-state index in [-0.39, 0.29) is 30.7 Å². The largest absolute Gasteiger partial charge is 0.445 e. The quantitative estimate of drug-likeness (QED) is 0.617. The molecule has 0 bridgehead atoms. The SMILES string of the molecule is CC(=O)c1cc(C(O)C(O)CCNC(=O)OCc2ccccc2)ccc1F. The number of carbonyl (C=O) groups excluding carboxylic acids is 2. The molecule has 0 saturated carbocycles. The molecule has 0 aliphatic carbocycles. The fraction of sp³-hybridized carbons (Fsp3) is 0.300. The molecule has 0 aliphatic heterocycles. The Balaban J connectivity index is 1.79. The van der Waals surface area contributed by atoms with E-state index in [9.17, 15) is 24.2 Å². The van der Waals surface area contributed by atoms with Gasteiger partial charge in [0.2, 0.25) is 0 Å². The molecule has 6 nitrogen and oxygen atoms in total. The van der Waals surface area contributed by atoms with Gasteiger partial charge in [0.1, 0.15) is 18.5 Å². The van der Waals surface area contributed by atoms with Crippen LogP contribution in [0.15, 0.2) is 48.5 Å². The second kappa shape index (κ2) is 9.80. The van der Waals surface area contributed by atoms with E-state index in [2.05, 4.69) is 5.32 Å². The molecule has 2 rings (SSSR count). The number of carbonyl (C=O) groups is 2. The van der Waals surface area contributed by atoms with Crippen molar-refractivity contribution in [3.63, 3.8) is 0 Å². The maximum absolute atomic E-state index is 13.5. The normalized spacial score (nSPS) is 12.9. The smallest absolute Gasteiger partial charge is 0.407 e. The van der Waals surface area contributed by atoms with Crippen molar-refractivity contribution < 1.29 is 28.9 Å². The number of aliphatic hydroxyl groups is 2. The first-order valence-electron chi connectivity index (χ1n) is 8.49. The van der Waals surface area contributed by atoms with Crippen molar-refractivity contribution in [2.45, 2.75) is 32.2 Å². The zero-order valence-electron chi connectivity index (χ0n) is 14.9. The number of ketones is 1. The Kier molecular flexibility index (Phi) is 7.45. The molecule has 0 aromatic heterocycles. The van der Waals surface area contributed by atoms with E-state index in [0.29, 0.717) is 0 Å². The van der Waals surface area contributed by atoms with Gasteiger partial charge in [0, 0.05) is 6.54 Å². The Hall–Kier alpha value is -2.77. The maximum atomic E-state index is 13.5. The predicted octanol–water partition coefficient (Wildman–Crippen LogP) is 2.74. The Morgan fingerprint density at radius 2 is 1.85 bits per heavy atom. The van der Waals surface area contributed by atoms with Gasteiger partial charge in [0.25, 0.3) is 0 Å². The minimum Gasteiger partial charge on any atom is -0.445 e. The van der Waals surface area contributed by atoms with Gasteiger partial charge in [-0.1, -0.05) is 36.4 Å². The molecule has 144 valence electrons. The summed E-state index contributed by atoms with van der Waals surface area (Å²) in [6, 6.07) is 12.8. The number of nitrogens with one attached hydrogen (secondary N) is 1. The second-order valence-electron chi connectivity index (χ2n) is 6.08. The van der Waals surface area contributed by atoms with Gasteiger partial charge in [-0.3, -0.25) is 4.79 Å². The molecule has 2 aromatic rings. The van der Waals surface area contributed by atoms with E-state index in [1.54, 1.807) is 0 Å². The lowest BCUT2D eigenvalue weighted by Crippen LogP contribution is -2.29. The van der Waals surface area contributed by atoms with E-state index in [0.717, 1.165) is 11.6 Å². The number of rotatable bonds is 8. The van der Waals surface area contributed by atoms with Crippen LogP contribution < -0.4 is 5.32 Å². The molecule has 0 spiro atoms. The molecule has 2 unspecified atom stereocenters. The number of ether oxygens (including phenoxy) is 1. The topological polar surface area (TPSA) is 95.9 Å². The molecular formula is C20H22FNO5. The highest BCUT2D eigenvalue weighted by atomic mass is 19.1. The van der Waals surface area contributed by atoms with Crippen molar-refractivity contribution in [3.8, 4) is 0 Å². The summed E-state index contributed by atoms with van der Waals surface area (Å²) in [5.41, 5.74) is 0.919. The summed E-state index contributed by atoms with van der Waals surface area (Å²) in [4.78, 5) is 23.0. The molecule has 0 heterocycles. The summed E-state index contributed by atoms with van der Waals surface area (Å²) >= 11 is 0. The van der Waals surface area contributed by atoms with Crippen LogP contribution in [-0.2, 0) is 11.3 Å². The van der Waals surface area contributed by atoms with Crippen LogP contribution >= 0.6 is 0 Å². The Morgan fingerprint density at radius 3 is 2.52 bits per heavy atom. The highest BCUT2D eigenvalue weighted by molar-refractivity contribution is 5.94. The van der Waals surface area contributed by atoms with Gasteiger partial charge in [-0.25, -0.2) is 9.18 Å². The van der Waals surface area contributed by atoms with Crippen LogP contribution in [0, 0.1) is 5.82 Å². The molecule has 0 radical (unpaired) electrons. The molecule has 2 atom stereocenters. The van der Waals surface area contributed by atoms with Crippen LogP contribution in [0.2, 0.25) is 0 Å². The molecule has 3 N–H and O–H groups in total. The molecular weight excluding hydrogens is 353 g/mol. The van der Waals surface area contributed by atoms with Gasteiger partial charge >= 0.3 is 6.09 Å². The van der Waals surface area contributed by atoms with Crippen molar-refractivity contribution in [1.82, 2.24) is 5.32 Å². The number of hydrogen-bond acceptors (Lipinski definition) is 5. The van der Waals surface area contributed by atoms with Crippen molar-refractivity contribution in [1.29, 1.82) is 0 Å². The van der Waals surface area contributed by atoms with Gasteiger partial charge < -0.3 is 20.3 Å². The summed E-state index contributed by atoms with van der Waals surface area (Å²) in [6.07, 6.45) is -3.11. The third-order valence-corrected chi connectivity index (χ3v) is 4.00. The summed E-state index contributed by atoms with van der Waals surface area (Å²) < 4.78 is 18.6. The van der Waals surface area contributed by atoms with E-state index in [1.165, 1.54) is 19.1 Å². The van der Waals surface area contributed by atoms with Crippen LogP contribution in [0.3, 0.4) is 0 Å². The lowest BCUT2D eigenvalue weighted by atomic mass is 9.98. The van der Waals surface area contributed by atoms with Gasteiger partial charge in [0.15, 0.2) is 5.78 Å². The second-order valence-corrected chi connectivity index (χ2v) is 6.08. The fourth-order valence-electron chi connectivity index (χ4n) is 2.47. The summed E-state index contributed by atoms with van der Waals surface area (Å²) in [5.74, 6) is -1.16. The summed E-state index contributed by atoms with van der Waals surface area (Å²) in [6.45, 7) is 1.42. The van der Waals surface area contributed by atoms with E-state index in [1.807, 2.05) is 30.3 Å². The third-order valence-electron chi connectivity index (χ3n) is 4.00. The molecule has 0 fully saturated rings. The first-order chi connectivity index (χ1) is 12.9. The van der Waals surface area contributed by atoms with Gasteiger partial charge in [0.05, 0.1) is 11.7 Å². The van der Waals surface area contributed by atoms with Crippen LogP contribution in [0.25, 0.3) is 0 Å². The van der Waals surface area contributed by atoms with Crippen LogP contribution in [-0.4, -0.2) is 34.7 Å². The first-order valence-corrected chi connectivity index (χ1v) is 8.49. The van der Waals surface area contributed by atoms with Gasteiger partial charge in [-0.05, 0) is 36.6 Å². The highest BCUT2D eigenvalue weighted by Gasteiger charge is 2.20. The predicted molar refractivity (Wildman–Crippen MR) is 96.6 cm³/mol. The number of benzene rings is 2. The monoisotopic (exact) mass is 375 g/mol. The van der Waals surface area contributed by atoms with Crippen molar-refractivity contribution in [2.24, 2.45) is 0 Å². The van der Waals surface area contributed by atoms with E-state index >= 15 is 0 Å². The maximum Gasteiger partial charge on any atom is 0.407 e. The fourth-order valence-corrected chi connectivity index (χ4v) is 2.47. The average Bonchev–Trinajstić information content (AvgIpc) is 2.66. The van der Waals surface area contributed by atoms with E-state index < -0.39 is 29.9 Å². The molecule has 27 heavy (non-hydrogen) atoms. The summed E-state index contributed by atoms with van der Waals surface area (Å²) in [5, 5.41) is 22.7. The lowest BCUT2D eigenvalue weighted by molar-refractivity contribution is 0.0135. The number of alkyl carbamates (subject to hydrolysis) is 1. The third kappa shape index (κ3) is 6.16. The van der Waals surface area contributed by atoms with E-state index in [4.69, 9.17) is 4.74 Å². The molecule has 0 saturated heterocycles. The van der Waals surface area contributed by atoms with Crippen molar-refractivity contribution >= 4 is 11.9 Å². The van der Waals surface area contributed by atoms with Crippen LogP contribution in [0.1, 0.15) is 40.9 Å². The number of amides is 1. The lowest BCUT2D eigenvalue weighted by Gasteiger charge is -2.19. The number of Topliss-reactive ketones (excluding diaryl/α,β-unsaturated/α-hetero) is 1. The zero-order chi connectivity index (χ0) is 19.8. The molecule has 7 heteroatoms. The van der Waals surface area contributed by atoms with Crippen LogP contribution in [0.4, 0.5) is 9.18 Å². The highest BCUT2D eigenvalue weighted by Crippen LogP contribution is 2.22. The Bertz CT molecular complexity index is 781. The van der Waals surface area contributed by atoms with Gasteiger partial charge in [-0.15, -0.1) is 0 Å². The minimum absolute atomic E-state index is 0.0500. The summed E-state index contributed by atoms with van der Waals surface area (Å²) in [7, 11) is 0. The van der Waals surface area contributed by atoms with Crippen molar-refractivity contribution in [2.75, 3.05) is 6.54 Å². The van der Waals surface area contributed by atoms with Gasteiger partial charge in [-0.2, -0.15) is 0 Å². The Morgan fingerprint density at radius 1 is 1.15 bits per heavy atom. The molecule has 1 amide bonds. The molecule has 2 aromatic carbocycles. The van der Waals surface area contributed by atoms with Crippen LogP contribution in [0.5, 0.6) is 0 Å². The minimum atomic E-state index is -1.31. The average molecular weight is 375 g/mol. The van der Waals surface area contributed by atoms with Crippen molar-refractivity contribution in [3.05, 3.63) is 71.0 Å². The zero-order valence-corrected chi connectivity index (χ0v) is 14.9. The Labute approximate surface area is 156 Å². The first kappa shape index (κ1) is 20.5. The number of hydrogen-bond donors (Lipinski definition) is 3. The number of halogens is 1.